The molecule has 0 unspecified atom stereocenters. The molecule has 0 bridgehead atoms. The van der Waals surface area contributed by atoms with Crippen LogP contribution < -0.4 is 0 Å². The first-order chi connectivity index (χ1) is 12.1. The highest BCUT2D eigenvalue weighted by atomic mass is 16.5. The lowest BCUT2D eigenvalue weighted by atomic mass is 10.1. The van der Waals surface area contributed by atoms with Crippen LogP contribution in [0.1, 0.15) is 17.0 Å². The molecule has 25 heavy (non-hydrogen) atoms. The lowest BCUT2D eigenvalue weighted by molar-refractivity contribution is -0.130. The first-order valence-electron chi connectivity index (χ1n) is 8.20. The first-order valence-corrected chi connectivity index (χ1v) is 8.20. The first kappa shape index (κ1) is 16.9. The SMILES string of the molecule is Cc1cc(/C=C(/C#N)C(=O)N2CCOCC2)c(C)n1-c1cccnc1. The zero-order chi connectivity index (χ0) is 17.8. The molecule has 1 saturated heterocycles. The molecule has 6 heteroatoms. The van der Waals surface area contributed by atoms with Gasteiger partial charge in [-0.2, -0.15) is 5.26 Å². The van der Waals surface area contributed by atoms with Crippen LogP contribution in [0.15, 0.2) is 36.2 Å². The summed E-state index contributed by atoms with van der Waals surface area (Å²) in [7, 11) is 0. The van der Waals surface area contributed by atoms with Gasteiger partial charge in [0.2, 0.25) is 0 Å². The Morgan fingerprint density at radius 3 is 2.76 bits per heavy atom. The quantitative estimate of drug-likeness (QED) is 0.637. The van der Waals surface area contributed by atoms with Gasteiger partial charge in [-0.25, -0.2) is 0 Å². The van der Waals surface area contributed by atoms with Crippen LogP contribution in [0.25, 0.3) is 11.8 Å². The number of aryl methyl sites for hydroxylation is 1. The summed E-state index contributed by atoms with van der Waals surface area (Å²) in [4.78, 5) is 18.4. The monoisotopic (exact) mass is 336 g/mol. The maximum Gasteiger partial charge on any atom is 0.264 e. The van der Waals surface area contributed by atoms with Gasteiger partial charge in [0.05, 0.1) is 25.1 Å². The van der Waals surface area contributed by atoms with Gasteiger partial charge in [0.25, 0.3) is 5.91 Å². The van der Waals surface area contributed by atoms with Gasteiger partial charge in [0.1, 0.15) is 11.6 Å². The van der Waals surface area contributed by atoms with E-state index in [2.05, 4.69) is 15.6 Å². The summed E-state index contributed by atoms with van der Waals surface area (Å²) in [5, 5.41) is 9.46. The number of nitrogens with zero attached hydrogens (tertiary/aromatic N) is 4. The summed E-state index contributed by atoms with van der Waals surface area (Å²) >= 11 is 0. The van der Waals surface area contributed by atoms with Crippen molar-refractivity contribution in [2.24, 2.45) is 0 Å². The van der Waals surface area contributed by atoms with E-state index in [9.17, 15) is 10.1 Å². The Morgan fingerprint density at radius 2 is 2.12 bits per heavy atom. The van der Waals surface area contributed by atoms with Crippen molar-refractivity contribution in [3.05, 3.63) is 53.1 Å². The fourth-order valence-corrected chi connectivity index (χ4v) is 3.05. The van der Waals surface area contributed by atoms with Crippen molar-refractivity contribution >= 4 is 12.0 Å². The van der Waals surface area contributed by atoms with Gasteiger partial charge in [-0.1, -0.05) is 0 Å². The molecule has 2 aromatic heterocycles. The molecule has 2 aromatic rings. The summed E-state index contributed by atoms with van der Waals surface area (Å²) < 4.78 is 7.33. The van der Waals surface area contributed by atoms with Gasteiger partial charge >= 0.3 is 0 Å². The maximum absolute atomic E-state index is 12.6. The lowest BCUT2D eigenvalue weighted by Gasteiger charge is -2.26. The highest BCUT2D eigenvalue weighted by Crippen LogP contribution is 2.22. The number of ether oxygens (including phenoxy) is 1. The Kier molecular flexibility index (Phi) is 4.96. The number of carbonyl (C=O) groups excluding carboxylic acids is 1. The van der Waals surface area contributed by atoms with Crippen LogP contribution in [-0.2, 0) is 9.53 Å². The van der Waals surface area contributed by atoms with Crippen molar-refractivity contribution < 1.29 is 9.53 Å². The number of amides is 1. The third kappa shape index (κ3) is 3.47. The topological polar surface area (TPSA) is 71.2 Å². The van der Waals surface area contributed by atoms with Crippen LogP contribution in [0.4, 0.5) is 0 Å². The van der Waals surface area contributed by atoms with E-state index in [1.165, 1.54) is 0 Å². The Labute approximate surface area is 147 Å². The van der Waals surface area contributed by atoms with E-state index in [1.807, 2.05) is 32.0 Å². The molecule has 0 saturated carbocycles. The van der Waals surface area contributed by atoms with Crippen molar-refractivity contribution in [1.82, 2.24) is 14.5 Å². The fourth-order valence-electron chi connectivity index (χ4n) is 3.05. The number of hydrogen-bond donors (Lipinski definition) is 0. The van der Waals surface area contributed by atoms with Crippen molar-refractivity contribution in [1.29, 1.82) is 5.26 Å². The minimum Gasteiger partial charge on any atom is -0.378 e. The molecule has 0 aromatic carbocycles. The number of rotatable bonds is 3. The number of aromatic nitrogens is 2. The molecule has 0 aliphatic carbocycles. The van der Waals surface area contributed by atoms with Gasteiger partial charge in [-0.3, -0.25) is 9.78 Å². The number of nitriles is 1. The van der Waals surface area contributed by atoms with Crippen LogP contribution in [0.5, 0.6) is 0 Å². The van der Waals surface area contributed by atoms with Crippen molar-refractivity contribution in [3.63, 3.8) is 0 Å². The van der Waals surface area contributed by atoms with Gasteiger partial charge in [0.15, 0.2) is 0 Å². The van der Waals surface area contributed by atoms with E-state index in [0.29, 0.717) is 26.3 Å². The Morgan fingerprint density at radius 1 is 1.36 bits per heavy atom. The lowest BCUT2D eigenvalue weighted by Crippen LogP contribution is -2.41. The number of carbonyl (C=O) groups is 1. The molecular formula is C19H20N4O2. The van der Waals surface area contributed by atoms with Crippen LogP contribution in [0.2, 0.25) is 0 Å². The summed E-state index contributed by atoms with van der Waals surface area (Å²) in [6.45, 7) is 6.03. The zero-order valence-electron chi connectivity index (χ0n) is 14.4. The van der Waals surface area contributed by atoms with Crippen LogP contribution in [0, 0.1) is 25.2 Å². The number of hydrogen-bond acceptors (Lipinski definition) is 4. The molecule has 1 aliphatic heterocycles. The maximum atomic E-state index is 12.6. The zero-order valence-corrected chi connectivity index (χ0v) is 14.4. The molecule has 1 fully saturated rings. The predicted molar refractivity (Wildman–Crippen MR) is 94.0 cm³/mol. The highest BCUT2D eigenvalue weighted by Gasteiger charge is 2.21. The third-order valence-corrected chi connectivity index (χ3v) is 4.32. The van der Waals surface area contributed by atoms with Gasteiger partial charge < -0.3 is 14.2 Å². The molecule has 0 N–H and O–H groups in total. The Bertz CT molecular complexity index is 840. The number of morpholine rings is 1. The normalized spacial score (nSPS) is 15.1. The van der Waals surface area contributed by atoms with Crippen LogP contribution in [0.3, 0.4) is 0 Å². The summed E-state index contributed by atoms with van der Waals surface area (Å²) in [6.07, 6.45) is 5.19. The minimum absolute atomic E-state index is 0.147. The second-order valence-corrected chi connectivity index (χ2v) is 5.95. The van der Waals surface area contributed by atoms with E-state index in [0.717, 1.165) is 22.6 Å². The average Bonchev–Trinajstić information content (AvgIpc) is 2.94. The van der Waals surface area contributed by atoms with E-state index in [-0.39, 0.29) is 11.5 Å². The smallest absolute Gasteiger partial charge is 0.264 e. The summed E-state index contributed by atoms with van der Waals surface area (Å²) in [6, 6.07) is 7.89. The molecule has 1 amide bonds. The predicted octanol–water partition coefficient (Wildman–Crippen LogP) is 2.25. The molecule has 3 rings (SSSR count). The van der Waals surface area contributed by atoms with E-state index in [4.69, 9.17) is 4.74 Å². The molecule has 1 aliphatic rings. The van der Waals surface area contributed by atoms with E-state index < -0.39 is 0 Å². The molecule has 0 radical (unpaired) electrons. The van der Waals surface area contributed by atoms with Crippen molar-refractivity contribution in [3.8, 4) is 11.8 Å². The van der Waals surface area contributed by atoms with E-state index >= 15 is 0 Å². The largest absolute Gasteiger partial charge is 0.378 e. The Balaban J connectivity index is 1.94. The fraction of sp³-hybridized carbons (Fsp3) is 0.316. The highest BCUT2D eigenvalue weighted by molar-refractivity contribution is 6.01. The second-order valence-electron chi connectivity index (χ2n) is 5.95. The summed E-state index contributed by atoms with van der Waals surface area (Å²) in [5.41, 5.74) is 3.95. The molecule has 0 atom stereocenters. The van der Waals surface area contributed by atoms with Crippen molar-refractivity contribution in [2.45, 2.75) is 13.8 Å². The molecule has 3 heterocycles. The van der Waals surface area contributed by atoms with Gasteiger partial charge in [0, 0.05) is 30.7 Å². The molecule has 0 spiro atoms. The molecular weight excluding hydrogens is 316 g/mol. The molecule has 128 valence electrons. The van der Waals surface area contributed by atoms with Gasteiger partial charge in [-0.05, 0) is 43.7 Å². The standard InChI is InChI=1S/C19H20N4O2/c1-14-10-16(15(2)23(14)18-4-3-5-21-13-18)11-17(12-20)19(24)22-6-8-25-9-7-22/h3-5,10-11,13H,6-9H2,1-2H3/b17-11-. The van der Waals surface area contributed by atoms with E-state index in [1.54, 1.807) is 23.4 Å². The number of pyridine rings is 1. The summed E-state index contributed by atoms with van der Waals surface area (Å²) in [5.74, 6) is -0.239. The van der Waals surface area contributed by atoms with Crippen LogP contribution in [-0.4, -0.2) is 46.7 Å². The van der Waals surface area contributed by atoms with Crippen LogP contribution >= 0.6 is 0 Å². The third-order valence-electron chi connectivity index (χ3n) is 4.32. The Hall–Kier alpha value is -2.91. The second kappa shape index (κ2) is 7.32. The van der Waals surface area contributed by atoms with Gasteiger partial charge in [-0.15, -0.1) is 0 Å². The average molecular weight is 336 g/mol. The minimum atomic E-state index is -0.239. The molecule has 6 nitrogen and oxygen atoms in total. The van der Waals surface area contributed by atoms with Crippen molar-refractivity contribution in [2.75, 3.05) is 26.3 Å².